The number of hydrogen-bond acceptors (Lipinski definition) is 0. The molecule has 0 saturated carbocycles. The molecule has 0 aromatic rings. The fourth-order valence-electron chi connectivity index (χ4n) is 1.56. The van der Waals surface area contributed by atoms with E-state index in [4.69, 9.17) is 0 Å². The number of rotatable bonds is 9. The zero-order valence-corrected chi connectivity index (χ0v) is 10.5. The van der Waals surface area contributed by atoms with Crippen LogP contribution in [0, 0.1) is 0 Å². The number of unbranched alkanes of at least 4 members (excludes halogenated alkanes) is 5. The van der Waals surface area contributed by atoms with Crippen LogP contribution in [0.1, 0.15) is 58.8 Å². The third-order valence-corrected chi connectivity index (χ3v) is 4.66. The molecule has 0 rings (SSSR count). The molecule has 0 radical (unpaired) electrons. The van der Waals surface area contributed by atoms with Gasteiger partial charge < -0.3 is 0 Å². The second-order valence-corrected chi connectivity index (χ2v) is 5.95. The van der Waals surface area contributed by atoms with Gasteiger partial charge in [-0.05, 0) is 0 Å². The van der Waals surface area contributed by atoms with Crippen LogP contribution < -0.4 is 0 Å². The highest BCUT2D eigenvalue weighted by atomic mass is 28.2. The van der Waals surface area contributed by atoms with Crippen LogP contribution in [0.2, 0.25) is 12.1 Å². The van der Waals surface area contributed by atoms with Gasteiger partial charge in [-0.25, -0.2) is 0 Å². The first-order valence-corrected chi connectivity index (χ1v) is 7.91. The van der Waals surface area contributed by atoms with E-state index in [0.29, 0.717) is 9.52 Å². The maximum atomic E-state index is 2.31. The summed E-state index contributed by atoms with van der Waals surface area (Å²) in [7, 11) is 0.372. The topological polar surface area (TPSA) is 0 Å². The standard InChI is InChI=1S/C11H26Si/c1-3-5-6-7-8-9-11-12-10-4-2/h3-12H2,1-2H3. The first kappa shape index (κ1) is 12.2. The first-order chi connectivity index (χ1) is 5.91. The second-order valence-electron chi connectivity index (χ2n) is 3.83. The van der Waals surface area contributed by atoms with Crippen molar-refractivity contribution in [1.29, 1.82) is 0 Å². The van der Waals surface area contributed by atoms with Crippen LogP contribution in [0.25, 0.3) is 0 Å². The molecule has 0 bridgehead atoms. The lowest BCUT2D eigenvalue weighted by Crippen LogP contribution is -1.87. The molecule has 0 saturated heterocycles. The summed E-state index contributed by atoms with van der Waals surface area (Å²) in [5.41, 5.74) is 0. The predicted octanol–water partition coefficient (Wildman–Crippen LogP) is 3.76. The molecular formula is C11H26Si. The van der Waals surface area contributed by atoms with E-state index in [1.165, 1.54) is 44.9 Å². The van der Waals surface area contributed by atoms with Gasteiger partial charge in [-0.3, -0.25) is 0 Å². The highest BCUT2D eigenvalue weighted by Gasteiger charge is 1.90. The largest absolute Gasteiger partial charge is 0.0657 e. The van der Waals surface area contributed by atoms with Crippen molar-refractivity contribution in [2.24, 2.45) is 0 Å². The monoisotopic (exact) mass is 186 g/mol. The number of hydrogen-bond donors (Lipinski definition) is 0. The van der Waals surface area contributed by atoms with Gasteiger partial charge in [0.25, 0.3) is 0 Å². The zero-order valence-electron chi connectivity index (χ0n) is 9.07. The van der Waals surface area contributed by atoms with E-state index in [2.05, 4.69) is 13.8 Å². The summed E-state index contributed by atoms with van der Waals surface area (Å²) in [4.78, 5) is 0. The third kappa shape index (κ3) is 10.2. The normalized spacial score (nSPS) is 11.5. The lowest BCUT2D eigenvalue weighted by Gasteiger charge is -1.99. The molecule has 0 heterocycles. The van der Waals surface area contributed by atoms with Crippen molar-refractivity contribution in [3.63, 3.8) is 0 Å². The molecule has 0 nitrogen and oxygen atoms in total. The van der Waals surface area contributed by atoms with E-state index in [1.54, 1.807) is 12.1 Å². The van der Waals surface area contributed by atoms with Gasteiger partial charge in [0.2, 0.25) is 0 Å². The van der Waals surface area contributed by atoms with Crippen molar-refractivity contribution >= 4 is 9.52 Å². The molecule has 0 atom stereocenters. The van der Waals surface area contributed by atoms with E-state index >= 15 is 0 Å². The van der Waals surface area contributed by atoms with Gasteiger partial charge >= 0.3 is 0 Å². The first-order valence-electron chi connectivity index (χ1n) is 5.91. The molecule has 0 N–H and O–H groups in total. The minimum atomic E-state index is 0.372. The van der Waals surface area contributed by atoms with Crippen molar-refractivity contribution in [2.75, 3.05) is 0 Å². The van der Waals surface area contributed by atoms with Gasteiger partial charge in [-0.1, -0.05) is 70.9 Å². The van der Waals surface area contributed by atoms with Gasteiger partial charge in [-0.15, -0.1) is 0 Å². The van der Waals surface area contributed by atoms with E-state index in [1.807, 2.05) is 0 Å². The molecule has 0 fully saturated rings. The van der Waals surface area contributed by atoms with E-state index in [9.17, 15) is 0 Å². The van der Waals surface area contributed by atoms with Gasteiger partial charge in [0.1, 0.15) is 0 Å². The van der Waals surface area contributed by atoms with Gasteiger partial charge in [-0.2, -0.15) is 0 Å². The van der Waals surface area contributed by atoms with Crippen LogP contribution in [0.4, 0.5) is 0 Å². The summed E-state index contributed by atoms with van der Waals surface area (Å²) in [5.74, 6) is 0. The summed E-state index contributed by atoms with van der Waals surface area (Å²) in [6.45, 7) is 4.60. The Morgan fingerprint density at radius 2 is 1.33 bits per heavy atom. The SMILES string of the molecule is CCCCCCCC[SiH2]CCC. The van der Waals surface area contributed by atoms with Crippen LogP contribution in [0.3, 0.4) is 0 Å². The highest BCUT2D eigenvalue weighted by Crippen LogP contribution is 2.07. The quantitative estimate of drug-likeness (QED) is 0.380. The van der Waals surface area contributed by atoms with Crippen molar-refractivity contribution < 1.29 is 0 Å². The molecule has 12 heavy (non-hydrogen) atoms. The minimum Gasteiger partial charge on any atom is -0.0657 e. The highest BCUT2D eigenvalue weighted by molar-refractivity contribution is 6.35. The summed E-state index contributed by atoms with van der Waals surface area (Å²) >= 11 is 0. The molecule has 0 aromatic heterocycles. The van der Waals surface area contributed by atoms with Crippen molar-refractivity contribution in [2.45, 2.75) is 70.9 Å². The molecule has 0 aromatic carbocycles. The molecule has 0 amide bonds. The molecule has 0 spiro atoms. The maximum Gasteiger partial charge on any atom is 0.0197 e. The Morgan fingerprint density at radius 1 is 0.667 bits per heavy atom. The van der Waals surface area contributed by atoms with Crippen molar-refractivity contribution in [3.05, 3.63) is 0 Å². The van der Waals surface area contributed by atoms with Gasteiger partial charge in [0.15, 0.2) is 0 Å². The Morgan fingerprint density at radius 3 is 2.00 bits per heavy atom. The second kappa shape index (κ2) is 11.2. The van der Waals surface area contributed by atoms with E-state index < -0.39 is 0 Å². The summed E-state index contributed by atoms with van der Waals surface area (Å²) in [5, 5.41) is 0. The van der Waals surface area contributed by atoms with Crippen molar-refractivity contribution in [1.82, 2.24) is 0 Å². The van der Waals surface area contributed by atoms with Crippen LogP contribution in [-0.4, -0.2) is 9.52 Å². The van der Waals surface area contributed by atoms with Crippen LogP contribution in [-0.2, 0) is 0 Å². The Hall–Kier alpha value is 0.217. The average molecular weight is 186 g/mol. The molecule has 1 heteroatoms. The fraction of sp³-hybridized carbons (Fsp3) is 1.00. The predicted molar refractivity (Wildman–Crippen MR) is 61.8 cm³/mol. The average Bonchev–Trinajstić information content (AvgIpc) is 2.10. The molecule has 74 valence electrons. The molecule has 0 aliphatic heterocycles. The van der Waals surface area contributed by atoms with Gasteiger partial charge in [0.05, 0.1) is 0 Å². The zero-order chi connectivity index (χ0) is 9.07. The minimum absolute atomic E-state index is 0.372. The van der Waals surface area contributed by atoms with Gasteiger partial charge in [0, 0.05) is 9.52 Å². The molecule has 0 unspecified atom stereocenters. The van der Waals surface area contributed by atoms with Crippen molar-refractivity contribution in [3.8, 4) is 0 Å². The summed E-state index contributed by atoms with van der Waals surface area (Å²) in [6, 6.07) is 3.19. The smallest absolute Gasteiger partial charge is 0.0197 e. The Kier molecular flexibility index (Phi) is 11.4. The fourth-order valence-corrected chi connectivity index (χ4v) is 3.12. The lowest BCUT2D eigenvalue weighted by atomic mass is 10.1. The van der Waals surface area contributed by atoms with Crippen LogP contribution in [0.15, 0.2) is 0 Å². The summed E-state index contributed by atoms with van der Waals surface area (Å²) in [6.07, 6.45) is 10.3. The Balaban J connectivity index is 2.73. The van der Waals surface area contributed by atoms with E-state index in [0.717, 1.165) is 0 Å². The summed E-state index contributed by atoms with van der Waals surface area (Å²) < 4.78 is 0. The van der Waals surface area contributed by atoms with E-state index in [-0.39, 0.29) is 0 Å². The molecule has 0 aliphatic carbocycles. The maximum absolute atomic E-state index is 2.31. The third-order valence-electron chi connectivity index (χ3n) is 2.46. The lowest BCUT2D eigenvalue weighted by molar-refractivity contribution is 0.623. The van der Waals surface area contributed by atoms with Crippen LogP contribution >= 0.6 is 0 Å². The van der Waals surface area contributed by atoms with Crippen LogP contribution in [0.5, 0.6) is 0 Å². The Bertz CT molecular complexity index is 61.4. The Labute approximate surface area is 81.0 Å². The molecular weight excluding hydrogens is 160 g/mol. The molecule has 0 aliphatic rings.